The maximum Gasteiger partial charge on any atom is 0.303 e. The summed E-state index contributed by atoms with van der Waals surface area (Å²) in [4.78, 5) is 11.6. The summed E-state index contributed by atoms with van der Waals surface area (Å²) < 4.78 is 5.54. The van der Waals surface area contributed by atoms with Crippen molar-refractivity contribution in [3.63, 3.8) is 0 Å². The molecule has 0 amide bonds. The largest absolute Gasteiger partial charge is 0.494 e. The standard InChI is InChI=1S/C14H14O3S/c15-14(16)7-2-8-17-12-5-1-4-11(10-12)13-6-3-9-18-13/h1,3-6,9-10H,2,7-8H2,(H,15,16). The Hall–Kier alpha value is -1.81. The van der Waals surface area contributed by atoms with Crippen molar-refractivity contribution in [3.8, 4) is 16.2 Å². The normalized spacial score (nSPS) is 10.2. The van der Waals surface area contributed by atoms with Crippen molar-refractivity contribution in [1.29, 1.82) is 0 Å². The van der Waals surface area contributed by atoms with E-state index in [2.05, 4.69) is 6.07 Å². The summed E-state index contributed by atoms with van der Waals surface area (Å²) in [5.74, 6) is -0.00257. The fourth-order valence-electron chi connectivity index (χ4n) is 1.60. The molecular weight excluding hydrogens is 248 g/mol. The first-order chi connectivity index (χ1) is 8.75. The van der Waals surface area contributed by atoms with E-state index in [0.717, 1.165) is 11.3 Å². The molecule has 1 N–H and O–H groups in total. The van der Waals surface area contributed by atoms with Gasteiger partial charge in [-0.05, 0) is 35.6 Å². The first kappa shape index (κ1) is 12.6. The van der Waals surface area contributed by atoms with Gasteiger partial charge in [-0.3, -0.25) is 4.79 Å². The molecule has 94 valence electrons. The molecule has 1 aromatic heterocycles. The van der Waals surface area contributed by atoms with Gasteiger partial charge in [0.05, 0.1) is 6.61 Å². The number of rotatable bonds is 6. The monoisotopic (exact) mass is 262 g/mol. The predicted octanol–water partition coefficient (Wildman–Crippen LogP) is 3.66. The van der Waals surface area contributed by atoms with Crippen LogP contribution < -0.4 is 4.74 Å². The number of thiophene rings is 1. The number of hydrogen-bond acceptors (Lipinski definition) is 3. The highest BCUT2D eigenvalue weighted by molar-refractivity contribution is 7.13. The van der Waals surface area contributed by atoms with Crippen molar-refractivity contribution < 1.29 is 14.6 Å². The van der Waals surface area contributed by atoms with Crippen LogP contribution in [-0.2, 0) is 4.79 Å². The van der Waals surface area contributed by atoms with Crippen molar-refractivity contribution in [2.75, 3.05) is 6.61 Å². The lowest BCUT2D eigenvalue weighted by Crippen LogP contribution is -2.01. The van der Waals surface area contributed by atoms with Crippen LogP contribution in [0.2, 0.25) is 0 Å². The number of aliphatic carboxylic acids is 1. The molecule has 1 heterocycles. The predicted molar refractivity (Wildman–Crippen MR) is 72.1 cm³/mol. The lowest BCUT2D eigenvalue weighted by molar-refractivity contribution is -0.137. The highest BCUT2D eigenvalue weighted by Gasteiger charge is 2.01. The molecule has 2 rings (SSSR count). The third-order valence-corrected chi connectivity index (χ3v) is 3.36. The third kappa shape index (κ3) is 3.60. The van der Waals surface area contributed by atoms with E-state index in [9.17, 15) is 4.79 Å². The van der Waals surface area contributed by atoms with Crippen LogP contribution in [0.25, 0.3) is 10.4 Å². The molecule has 4 heteroatoms. The first-order valence-electron chi connectivity index (χ1n) is 5.74. The van der Waals surface area contributed by atoms with Crippen LogP contribution in [0.5, 0.6) is 5.75 Å². The highest BCUT2D eigenvalue weighted by atomic mass is 32.1. The van der Waals surface area contributed by atoms with E-state index in [1.807, 2.05) is 35.7 Å². The number of hydrogen-bond donors (Lipinski definition) is 1. The third-order valence-electron chi connectivity index (χ3n) is 2.44. The second-order valence-electron chi connectivity index (χ2n) is 3.85. The Morgan fingerprint density at radius 2 is 2.17 bits per heavy atom. The molecule has 1 aromatic carbocycles. The lowest BCUT2D eigenvalue weighted by Gasteiger charge is -2.06. The van der Waals surface area contributed by atoms with Gasteiger partial charge in [-0.1, -0.05) is 18.2 Å². The number of carboxylic acids is 1. The van der Waals surface area contributed by atoms with Crippen LogP contribution in [0.3, 0.4) is 0 Å². The molecule has 0 saturated carbocycles. The fraction of sp³-hybridized carbons (Fsp3) is 0.214. The van der Waals surface area contributed by atoms with E-state index < -0.39 is 5.97 Å². The summed E-state index contributed by atoms with van der Waals surface area (Å²) in [6, 6.07) is 11.9. The number of carboxylic acid groups (broad SMARTS) is 1. The van der Waals surface area contributed by atoms with Crippen molar-refractivity contribution in [3.05, 3.63) is 41.8 Å². The van der Waals surface area contributed by atoms with E-state index in [1.165, 1.54) is 4.88 Å². The van der Waals surface area contributed by atoms with Crippen LogP contribution in [-0.4, -0.2) is 17.7 Å². The van der Waals surface area contributed by atoms with Gasteiger partial charge in [0.15, 0.2) is 0 Å². The van der Waals surface area contributed by atoms with E-state index in [1.54, 1.807) is 11.3 Å². The maximum absolute atomic E-state index is 10.4. The molecule has 0 aliphatic carbocycles. The molecule has 0 unspecified atom stereocenters. The summed E-state index contributed by atoms with van der Waals surface area (Å²) >= 11 is 1.68. The van der Waals surface area contributed by atoms with E-state index in [4.69, 9.17) is 9.84 Å². The maximum atomic E-state index is 10.4. The Morgan fingerprint density at radius 3 is 2.89 bits per heavy atom. The van der Waals surface area contributed by atoms with E-state index >= 15 is 0 Å². The second-order valence-corrected chi connectivity index (χ2v) is 4.80. The molecule has 0 bridgehead atoms. The number of ether oxygens (including phenoxy) is 1. The van der Waals surface area contributed by atoms with Gasteiger partial charge < -0.3 is 9.84 Å². The van der Waals surface area contributed by atoms with Gasteiger partial charge in [-0.2, -0.15) is 0 Å². The fourth-order valence-corrected chi connectivity index (χ4v) is 2.32. The average Bonchev–Trinajstić information content (AvgIpc) is 2.89. The van der Waals surface area contributed by atoms with Crippen LogP contribution in [0.15, 0.2) is 41.8 Å². The molecule has 0 aliphatic heterocycles. The Balaban J connectivity index is 1.94. The Morgan fingerprint density at radius 1 is 1.28 bits per heavy atom. The summed E-state index contributed by atoms with van der Waals surface area (Å²) in [6.07, 6.45) is 0.670. The molecule has 0 radical (unpaired) electrons. The SMILES string of the molecule is O=C(O)CCCOc1cccc(-c2cccs2)c1. The van der Waals surface area contributed by atoms with Gasteiger partial charge in [-0.15, -0.1) is 11.3 Å². The van der Waals surface area contributed by atoms with Gasteiger partial charge in [0.1, 0.15) is 5.75 Å². The Labute approximate surface area is 110 Å². The van der Waals surface area contributed by atoms with E-state index in [-0.39, 0.29) is 6.42 Å². The summed E-state index contributed by atoms with van der Waals surface area (Å²) in [6.45, 7) is 0.431. The molecule has 0 saturated heterocycles. The molecule has 2 aromatic rings. The molecule has 0 spiro atoms. The minimum Gasteiger partial charge on any atom is -0.494 e. The van der Waals surface area contributed by atoms with Crippen LogP contribution in [0.4, 0.5) is 0 Å². The zero-order valence-electron chi connectivity index (χ0n) is 9.83. The highest BCUT2D eigenvalue weighted by Crippen LogP contribution is 2.27. The zero-order chi connectivity index (χ0) is 12.8. The quantitative estimate of drug-likeness (QED) is 0.808. The minimum absolute atomic E-state index is 0.143. The second kappa shape index (κ2) is 6.21. The molecular formula is C14H14O3S. The minimum atomic E-state index is -0.786. The smallest absolute Gasteiger partial charge is 0.303 e. The molecule has 18 heavy (non-hydrogen) atoms. The molecule has 0 fully saturated rings. The average molecular weight is 262 g/mol. The van der Waals surface area contributed by atoms with Gasteiger partial charge in [0.25, 0.3) is 0 Å². The van der Waals surface area contributed by atoms with Gasteiger partial charge in [0.2, 0.25) is 0 Å². The number of benzene rings is 1. The van der Waals surface area contributed by atoms with Crippen LogP contribution in [0.1, 0.15) is 12.8 Å². The summed E-state index contributed by atoms with van der Waals surface area (Å²) in [7, 11) is 0. The van der Waals surface area contributed by atoms with Crippen LogP contribution >= 0.6 is 11.3 Å². The Bertz CT molecular complexity index is 506. The Kier molecular flexibility index (Phi) is 4.36. The topological polar surface area (TPSA) is 46.5 Å². The van der Waals surface area contributed by atoms with Gasteiger partial charge in [0, 0.05) is 11.3 Å². The molecule has 0 aliphatic rings. The lowest BCUT2D eigenvalue weighted by atomic mass is 10.2. The summed E-state index contributed by atoms with van der Waals surface area (Å²) in [5, 5.41) is 10.6. The van der Waals surface area contributed by atoms with Crippen LogP contribution in [0, 0.1) is 0 Å². The van der Waals surface area contributed by atoms with E-state index in [0.29, 0.717) is 13.0 Å². The molecule has 0 atom stereocenters. The van der Waals surface area contributed by atoms with Crippen molar-refractivity contribution in [1.82, 2.24) is 0 Å². The number of carbonyl (C=O) groups is 1. The first-order valence-corrected chi connectivity index (χ1v) is 6.62. The van der Waals surface area contributed by atoms with Crippen molar-refractivity contribution in [2.24, 2.45) is 0 Å². The van der Waals surface area contributed by atoms with Crippen molar-refractivity contribution >= 4 is 17.3 Å². The van der Waals surface area contributed by atoms with Gasteiger partial charge >= 0.3 is 5.97 Å². The van der Waals surface area contributed by atoms with Crippen molar-refractivity contribution in [2.45, 2.75) is 12.8 Å². The van der Waals surface area contributed by atoms with Gasteiger partial charge in [-0.25, -0.2) is 0 Å². The summed E-state index contributed by atoms with van der Waals surface area (Å²) in [5.41, 5.74) is 1.13. The zero-order valence-corrected chi connectivity index (χ0v) is 10.7. The molecule has 3 nitrogen and oxygen atoms in total.